The number of carboxylic acid groups (broad SMARTS) is 1. The van der Waals surface area contributed by atoms with Crippen LogP contribution in [0.4, 0.5) is 0 Å². The molecule has 1 aliphatic rings. The van der Waals surface area contributed by atoms with Gasteiger partial charge in [0.1, 0.15) is 0 Å². The van der Waals surface area contributed by atoms with E-state index in [1.807, 2.05) is 4.68 Å². The molecular weight excluding hydrogens is 270 g/mol. The number of nitrogens with zero attached hydrogens (tertiary/aromatic N) is 2. The van der Waals surface area contributed by atoms with Gasteiger partial charge < -0.3 is 10.4 Å². The Hall–Kier alpha value is -1.85. The van der Waals surface area contributed by atoms with Crippen molar-refractivity contribution in [3.63, 3.8) is 0 Å². The highest BCUT2D eigenvalue weighted by Gasteiger charge is 2.33. The van der Waals surface area contributed by atoms with Gasteiger partial charge in [0, 0.05) is 18.5 Å². The van der Waals surface area contributed by atoms with Gasteiger partial charge in [0.05, 0.1) is 23.4 Å². The number of rotatable bonds is 7. The van der Waals surface area contributed by atoms with Gasteiger partial charge in [-0.2, -0.15) is 5.10 Å². The summed E-state index contributed by atoms with van der Waals surface area (Å²) >= 11 is 0. The van der Waals surface area contributed by atoms with Gasteiger partial charge >= 0.3 is 5.97 Å². The highest BCUT2D eigenvalue weighted by molar-refractivity contribution is 5.95. The second-order valence-corrected chi connectivity index (χ2v) is 5.87. The first kappa shape index (κ1) is 15.5. The van der Waals surface area contributed by atoms with Crippen molar-refractivity contribution in [2.75, 3.05) is 6.54 Å². The average molecular weight is 293 g/mol. The first-order chi connectivity index (χ1) is 9.95. The fourth-order valence-electron chi connectivity index (χ4n) is 2.26. The molecule has 0 radical (unpaired) electrons. The Labute approximate surface area is 124 Å². The van der Waals surface area contributed by atoms with Crippen LogP contribution in [0.3, 0.4) is 0 Å². The van der Waals surface area contributed by atoms with E-state index >= 15 is 0 Å². The lowest BCUT2D eigenvalue weighted by Gasteiger charge is -2.15. The maximum absolute atomic E-state index is 12.3. The minimum absolute atomic E-state index is 0.132. The predicted octanol–water partition coefficient (Wildman–Crippen LogP) is 2.18. The van der Waals surface area contributed by atoms with Crippen LogP contribution in [0.15, 0.2) is 6.20 Å². The van der Waals surface area contributed by atoms with Crippen molar-refractivity contribution in [2.45, 2.75) is 52.0 Å². The lowest BCUT2D eigenvalue weighted by molar-refractivity contribution is -0.140. The Kier molecular flexibility index (Phi) is 4.65. The van der Waals surface area contributed by atoms with E-state index in [1.54, 1.807) is 13.1 Å². The number of amides is 1. The Balaban J connectivity index is 2.14. The normalized spacial score (nSPS) is 17.3. The van der Waals surface area contributed by atoms with Crippen LogP contribution in [0, 0.1) is 5.92 Å². The summed E-state index contributed by atoms with van der Waals surface area (Å²) in [6.07, 6.45) is 4.75. The molecule has 21 heavy (non-hydrogen) atoms. The lowest BCUT2D eigenvalue weighted by Crippen LogP contribution is -2.32. The van der Waals surface area contributed by atoms with Crippen molar-refractivity contribution in [1.29, 1.82) is 0 Å². The van der Waals surface area contributed by atoms with E-state index in [0.717, 1.165) is 25.0 Å². The smallest absolute Gasteiger partial charge is 0.308 e. The van der Waals surface area contributed by atoms with E-state index in [1.165, 1.54) is 0 Å². The molecule has 2 atom stereocenters. The Morgan fingerprint density at radius 1 is 1.48 bits per heavy atom. The van der Waals surface area contributed by atoms with E-state index in [2.05, 4.69) is 24.3 Å². The third kappa shape index (κ3) is 3.43. The molecule has 0 saturated heterocycles. The van der Waals surface area contributed by atoms with E-state index < -0.39 is 11.9 Å². The lowest BCUT2D eigenvalue weighted by atomic mass is 10.1. The fraction of sp³-hybridized carbons (Fsp3) is 0.667. The Morgan fingerprint density at radius 3 is 2.67 bits per heavy atom. The third-order valence-corrected chi connectivity index (χ3v) is 4.04. The van der Waals surface area contributed by atoms with Gasteiger partial charge in [0.2, 0.25) is 0 Å². The molecule has 1 aliphatic carbocycles. The van der Waals surface area contributed by atoms with E-state index in [4.69, 9.17) is 5.11 Å². The predicted molar refractivity (Wildman–Crippen MR) is 78.3 cm³/mol. The first-order valence-corrected chi connectivity index (χ1v) is 7.54. The van der Waals surface area contributed by atoms with Gasteiger partial charge in [-0.1, -0.05) is 13.8 Å². The maximum atomic E-state index is 12.3. The van der Waals surface area contributed by atoms with Crippen LogP contribution >= 0.6 is 0 Å². The number of aliphatic carboxylic acids is 1. The summed E-state index contributed by atoms with van der Waals surface area (Å²) in [5, 5.41) is 15.9. The molecule has 116 valence electrons. The van der Waals surface area contributed by atoms with Crippen molar-refractivity contribution in [2.24, 2.45) is 5.92 Å². The van der Waals surface area contributed by atoms with Crippen molar-refractivity contribution >= 4 is 11.9 Å². The Bertz CT molecular complexity index is 534. The number of hydrogen-bond acceptors (Lipinski definition) is 3. The zero-order valence-corrected chi connectivity index (χ0v) is 12.8. The summed E-state index contributed by atoms with van der Waals surface area (Å²) in [5.74, 6) is -1.31. The molecule has 0 spiro atoms. The first-order valence-electron chi connectivity index (χ1n) is 7.54. The standard InChI is InChI=1S/C15H23N3O3/c1-4-10(3)18-13(11-5-6-11)12(8-17-18)14(19)16-7-9(2)15(20)21/h8-11H,4-7H2,1-3H3,(H,16,19)(H,20,21). The highest BCUT2D eigenvalue weighted by Crippen LogP contribution is 2.42. The zero-order valence-electron chi connectivity index (χ0n) is 12.8. The molecule has 0 aromatic carbocycles. The summed E-state index contributed by atoms with van der Waals surface area (Å²) < 4.78 is 1.95. The number of hydrogen-bond donors (Lipinski definition) is 2. The SMILES string of the molecule is CCC(C)n1ncc(C(=O)NCC(C)C(=O)O)c1C1CC1. The summed E-state index contributed by atoms with van der Waals surface area (Å²) in [4.78, 5) is 23.1. The van der Waals surface area contributed by atoms with Crippen molar-refractivity contribution in [3.8, 4) is 0 Å². The minimum atomic E-state index is -0.909. The topological polar surface area (TPSA) is 84.2 Å². The summed E-state index contributed by atoms with van der Waals surface area (Å²) in [6, 6.07) is 0.264. The molecule has 2 N–H and O–H groups in total. The maximum Gasteiger partial charge on any atom is 0.308 e. The molecule has 2 rings (SSSR count). The second kappa shape index (κ2) is 6.28. The van der Waals surface area contributed by atoms with E-state index in [-0.39, 0.29) is 18.5 Å². The molecule has 1 aromatic rings. The second-order valence-electron chi connectivity index (χ2n) is 5.87. The van der Waals surface area contributed by atoms with Crippen molar-refractivity contribution < 1.29 is 14.7 Å². The molecule has 2 unspecified atom stereocenters. The molecule has 1 saturated carbocycles. The summed E-state index contributed by atoms with van der Waals surface area (Å²) in [6.45, 7) is 5.89. The van der Waals surface area contributed by atoms with Crippen LogP contribution in [0.5, 0.6) is 0 Å². The zero-order chi connectivity index (χ0) is 15.6. The van der Waals surface area contributed by atoms with Gasteiger partial charge in [-0.25, -0.2) is 0 Å². The minimum Gasteiger partial charge on any atom is -0.481 e. The fourth-order valence-corrected chi connectivity index (χ4v) is 2.26. The van der Waals surface area contributed by atoms with Gasteiger partial charge in [0.25, 0.3) is 5.91 Å². The molecule has 1 heterocycles. The van der Waals surface area contributed by atoms with Gasteiger partial charge in [-0.3, -0.25) is 14.3 Å². The van der Waals surface area contributed by atoms with Crippen LogP contribution < -0.4 is 5.32 Å². The van der Waals surface area contributed by atoms with E-state index in [0.29, 0.717) is 11.5 Å². The average Bonchev–Trinajstić information content (AvgIpc) is 3.21. The number of nitrogens with one attached hydrogen (secondary N) is 1. The van der Waals surface area contributed by atoms with Crippen LogP contribution in [-0.2, 0) is 4.79 Å². The number of carbonyl (C=O) groups excluding carboxylic acids is 1. The third-order valence-electron chi connectivity index (χ3n) is 4.04. The van der Waals surface area contributed by atoms with Crippen molar-refractivity contribution in [3.05, 3.63) is 17.5 Å². The monoisotopic (exact) mass is 293 g/mol. The molecule has 0 bridgehead atoms. The van der Waals surface area contributed by atoms with Gasteiger partial charge in [-0.15, -0.1) is 0 Å². The molecular formula is C15H23N3O3. The Morgan fingerprint density at radius 2 is 2.14 bits per heavy atom. The van der Waals surface area contributed by atoms with Crippen LogP contribution in [0.2, 0.25) is 0 Å². The highest BCUT2D eigenvalue weighted by atomic mass is 16.4. The molecule has 1 amide bonds. The number of aromatic nitrogens is 2. The van der Waals surface area contributed by atoms with Gasteiger partial charge in [0.15, 0.2) is 0 Å². The van der Waals surface area contributed by atoms with Crippen LogP contribution in [0.25, 0.3) is 0 Å². The number of carboxylic acids is 1. The summed E-state index contributed by atoms with van der Waals surface area (Å²) in [5.41, 5.74) is 1.60. The van der Waals surface area contributed by atoms with Crippen LogP contribution in [0.1, 0.15) is 68.0 Å². The molecule has 1 fully saturated rings. The quantitative estimate of drug-likeness (QED) is 0.807. The van der Waals surface area contributed by atoms with E-state index in [9.17, 15) is 9.59 Å². The molecule has 0 aliphatic heterocycles. The largest absolute Gasteiger partial charge is 0.481 e. The van der Waals surface area contributed by atoms with Gasteiger partial charge in [-0.05, 0) is 26.2 Å². The molecule has 6 heteroatoms. The van der Waals surface area contributed by atoms with Crippen molar-refractivity contribution in [1.82, 2.24) is 15.1 Å². The summed E-state index contributed by atoms with van der Waals surface area (Å²) in [7, 11) is 0. The van der Waals surface area contributed by atoms with Crippen LogP contribution in [-0.4, -0.2) is 33.3 Å². The molecule has 6 nitrogen and oxygen atoms in total. The number of carbonyl (C=O) groups is 2. The molecule has 1 aromatic heterocycles.